The summed E-state index contributed by atoms with van der Waals surface area (Å²) in [6.45, 7) is -2.78. The van der Waals surface area contributed by atoms with Gasteiger partial charge in [-0.2, -0.15) is 14.0 Å². The summed E-state index contributed by atoms with van der Waals surface area (Å²) >= 11 is 5.91. The van der Waals surface area contributed by atoms with Gasteiger partial charge >= 0.3 is 6.61 Å². The standard InChI is InChI=1S/C18H16ClF3N4O.HI/c1-24-18(25-9-12-6-11(8-23)2-4-15(12)20)26-10-13-7-14(19)3-5-16(13)27-17(21)22;/h2-7,17H,9-10H2,1H3,(H2,24,25,26);1H. The Morgan fingerprint density at radius 3 is 2.46 bits per heavy atom. The summed E-state index contributed by atoms with van der Waals surface area (Å²) in [5, 5.41) is 15.1. The van der Waals surface area contributed by atoms with Gasteiger partial charge in [0.2, 0.25) is 0 Å². The Morgan fingerprint density at radius 1 is 1.18 bits per heavy atom. The molecule has 10 heteroatoms. The van der Waals surface area contributed by atoms with Crippen LogP contribution in [0.1, 0.15) is 16.7 Å². The Balaban J connectivity index is 0.00000392. The van der Waals surface area contributed by atoms with E-state index in [0.717, 1.165) is 0 Å². The summed E-state index contributed by atoms with van der Waals surface area (Å²) in [6, 6.07) is 10.3. The average Bonchev–Trinajstić information content (AvgIpc) is 2.64. The first-order valence-corrected chi connectivity index (χ1v) is 8.17. The Morgan fingerprint density at radius 2 is 1.86 bits per heavy atom. The van der Waals surface area contributed by atoms with Crippen molar-refractivity contribution in [3.63, 3.8) is 0 Å². The molecule has 2 rings (SSSR count). The van der Waals surface area contributed by atoms with Gasteiger partial charge in [0.15, 0.2) is 5.96 Å². The van der Waals surface area contributed by atoms with E-state index in [9.17, 15) is 13.2 Å². The minimum Gasteiger partial charge on any atom is -0.434 e. The van der Waals surface area contributed by atoms with E-state index < -0.39 is 12.4 Å². The van der Waals surface area contributed by atoms with Gasteiger partial charge < -0.3 is 15.4 Å². The summed E-state index contributed by atoms with van der Waals surface area (Å²) in [5.41, 5.74) is 1.04. The van der Waals surface area contributed by atoms with Crippen LogP contribution < -0.4 is 15.4 Å². The molecule has 28 heavy (non-hydrogen) atoms. The monoisotopic (exact) mass is 524 g/mol. The third-order valence-electron chi connectivity index (χ3n) is 3.53. The molecule has 150 valence electrons. The van der Waals surface area contributed by atoms with Gasteiger partial charge in [-0.15, -0.1) is 24.0 Å². The molecule has 0 aliphatic heterocycles. The minimum absolute atomic E-state index is 0. The van der Waals surface area contributed by atoms with Gasteiger partial charge in [0, 0.05) is 36.3 Å². The van der Waals surface area contributed by atoms with Crippen LogP contribution in [-0.2, 0) is 13.1 Å². The van der Waals surface area contributed by atoms with E-state index >= 15 is 0 Å². The molecule has 0 saturated carbocycles. The number of hydrogen-bond acceptors (Lipinski definition) is 3. The molecule has 5 nitrogen and oxygen atoms in total. The quantitative estimate of drug-likeness (QED) is 0.333. The molecule has 0 aliphatic carbocycles. The third-order valence-corrected chi connectivity index (χ3v) is 3.76. The van der Waals surface area contributed by atoms with Crippen LogP contribution in [0.5, 0.6) is 5.75 Å². The van der Waals surface area contributed by atoms with Crippen LogP contribution in [0.4, 0.5) is 13.2 Å². The van der Waals surface area contributed by atoms with E-state index in [1.54, 1.807) is 0 Å². The molecule has 0 amide bonds. The van der Waals surface area contributed by atoms with Crippen molar-refractivity contribution in [2.24, 2.45) is 4.99 Å². The number of nitrogens with one attached hydrogen (secondary N) is 2. The summed E-state index contributed by atoms with van der Waals surface area (Å²) in [4.78, 5) is 3.99. The first-order valence-electron chi connectivity index (χ1n) is 7.79. The average molecular weight is 525 g/mol. The second-order valence-corrected chi connectivity index (χ2v) is 5.76. The largest absolute Gasteiger partial charge is 0.434 e. The van der Waals surface area contributed by atoms with Crippen LogP contribution in [0.3, 0.4) is 0 Å². The van der Waals surface area contributed by atoms with Crippen molar-refractivity contribution in [1.82, 2.24) is 10.6 Å². The summed E-state index contributed by atoms with van der Waals surface area (Å²) < 4.78 is 43.3. The van der Waals surface area contributed by atoms with Gasteiger partial charge in [-0.05, 0) is 36.4 Å². The lowest BCUT2D eigenvalue weighted by Crippen LogP contribution is -2.36. The SMILES string of the molecule is CN=C(NCc1cc(C#N)ccc1F)NCc1cc(Cl)ccc1OC(F)F.I. The van der Waals surface area contributed by atoms with Gasteiger partial charge in [-0.25, -0.2) is 4.39 Å². The van der Waals surface area contributed by atoms with E-state index in [1.807, 2.05) is 6.07 Å². The number of benzene rings is 2. The van der Waals surface area contributed by atoms with Crippen LogP contribution in [0.15, 0.2) is 41.4 Å². The van der Waals surface area contributed by atoms with Crippen LogP contribution in [0, 0.1) is 17.1 Å². The summed E-state index contributed by atoms with van der Waals surface area (Å²) in [7, 11) is 1.51. The van der Waals surface area contributed by atoms with Crippen LogP contribution >= 0.6 is 35.6 Å². The Labute approximate surface area is 182 Å². The molecule has 0 fully saturated rings. The second-order valence-electron chi connectivity index (χ2n) is 5.33. The summed E-state index contributed by atoms with van der Waals surface area (Å²) in [6.07, 6.45) is 0. The predicted octanol–water partition coefficient (Wildman–Crippen LogP) is 4.44. The molecule has 0 heterocycles. The lowest BCUT2D eigenvalue weighted by Gasteiger charge is -2.15. The fraction of sp³-hybridized carbons (Fsp3) is 0.222. The number of halogens is 5. The van der Waals surface area contributed by atoms with Crippen LogP contribution in [0.2, 0.25) is 5.02 Å². The zero-order valence-corrected chi connectivity index (χ0v) is 17.8. The third kappa shape index (κ3) is 7.09. The lowest BCUT2D eigenvalue weighted by atomic mass is 10.1. The van der Waals surface area contributed by atoms with E-state index in [-0.39, 0.29) is 42.8 Å². The smallest absolute Gasteiger partial charge is 0.387 e. The first-order chi connectivity index (χ1) is 12.9. The van der Waals surface area contributed by atoms with Crippen LogP contribution in [-0.4, -0.2) is 19.6 Å². The number of aliphatic imine (C=N–C) groups is 1. The molecule has 0 aromatic heterocycles. The molecule has 2 aromatic carbocycles. The van der Waals surface area contributed by atoms with Crippen molar-refractivity contribution in [2.45, 2.75) is 19.7 Å². The van der Waals surface area contributed by atoms with Crippen molar-refractivity contribution < 1.29 is 17.9 Å². The van der Waals surface area contributed by atoms with Gasteiger partial charge in [0.1, 0.15) is 11.6 Å². The maximum atomic E-state index is 13.8. The Kier molecular flexibility index (Phi) is 9.89. The summed E-state index contributed by atoms with van der Waals surface area (Å²) in [5.74, 6) is -0.163. The Hall–Kier alpha value is -2.19. The Bertz CT molecular complexity index is 874. The fourth-order valence-electron chi connectivity index (χ4n) is 2.26. The molecule has 0 unspecified atom stereocenters. The molecule has 0 atom stereocenters. The van der Waals surface area contributed by atoms with Gasteiger partial charge in [0.25, 0.3) is 0 Å². The number of rotatable bonds is 6. The van der Waals surface area contributed by atoms with Gasteiger partial charge in [-0.3, -0.25) is 4.99 Å². The number of guanidine groups is 1. The predicted molar refractivity (Wildman–Crippen MR) is 112 cm³/mol. The molecular weight excluding hydrogens is 508 g/mol. The molecule has 0 saturated heterocycles. The minimum atomic E-state index is -2.96. The maximum absolute atomic E-state index is 13.8. The van der Waals surface area contributed by atoms with Crippen LogP contribution in [0.25, 0.3) is 0 Å². The van der Waals surface area contributed by atoms with Crippen molar-refractivity contribution in [3.8, 4) is 11.8 Å². The molecule has 0 radical (unpaired) electrons. The highest BCUT2D eigenvalue weighted by Gasteiger charge is 2.11. The van der Waals surface area contributed by atoms with Crippen molar-refractivity contribution >= 4 is 41.5 Å². The molecule has 2 aromatic rings. The number of ether oxygens (including phenoxy) is 1. The van der Waals surface area contributed by atoms with Gasteiger partial charge in [0.05, 0.1) is 11.6 Å². The van der Waals surface area contributed by atoms with Crippen molar-refractivity contribution in [3.05, 3.63) is 63.9 Å². The van der Waals surface area contributed by atoms with E-state index in [2.05, 4.69) is 20.4 Å². The molecule has 0 spiro atoms. The number of alkyl halides is 2. The fourth-order valence-corrected chi connectivity index (χ4v) is 2.45. The lowest BCUT2D eigenvalue weighted by molar-refractivity contribution is -0.0504. The van der Waals surface area contributed by atoms with Crippen molar-refractivity contribution in [1.29, 1.82) is 5.26 Å². The molecule has 0 bridgehead atoms. The maximum Gasteiger partial charge on any atom is 0.387 e. The van der Waals surface area contributed by atoms with E-state index in [4.69, 9.17) is 16.9 Å². The zero-order chi connectivity index (χ0) is 19.8. The molecular formula is C18H17ClF3IN4O. The topological polar surface area (TPSA) is 69.4 Å². The molecule has 2 N–H and O–H groups in total. The number of nitriles is 1. The first kappa shape index (κ1) is 23.8. The van der Waals surface area contributed by atoms with E-state index in [1.165, 1.54) is 43.4 Å². The highest BCUT2D eigenvalue weighted by Crippen LogP contribution is 2.24. The highest BCUT2D eigenvalue weighted by atomic mass is 127. The zero-order valence-electron chi connectivity index (χ0n) is 14.7. The van der Waals surface area contributed by atoms with Gasteiger partial charge in [-0.1, -0.05) is 11.6 Å². The number of hydrogen-bond donors (Lipinski definition) is 2. The highest BCUT2D eigenvalue weighted by molar-refractivity contribution is 14.0. The molecule has 0 aliphatic rings. The normalized spacial score (nSPS) is 10.8. The van der Waals surface area contributed by atoms with Crippen molar-refractivity contribution in [2.75, 3.05) is 7.05 Å². The van der Waals surface area contributed by atoms with E-state index in [0.29, 0.717) is 27.7 Å². The number of nitrogens with zero attached hydrogens (tertiary/aromatic N) is 2. The second kappa shape index (κ2) is 11.6.